The van der Waals surface area contributed by atoms with Gasteiger partial charge in [0.25, 0.3) is 0 Å². The summed E-state index contributed by atoms with van der Waals surface area (Å²) in [6, 6.07) is 82.9. The summed E-state index contributed by atoms with van der Waals surface area (Å²) < 4.78 is 8.99. The Labute approximate surface area is 353 Å². The maximum absolute atomic E-state index is 6.61. The molecule has 3 heteroatoms. The Bertz CT molecular complexity index is 3540. The SMILES string of the molecule is c1ccc(-c2ccccc2N(c2ccc(-c3cccc(-n4c5ccccc5c5ccccc54)c3)cc2)c2cccc(-c3cccc4oc5c6ccccc6ccc5c34)c2)cc1. The highest BCUT2D eigenvalue weighted by Gasteiger charge is 2.20. The second-order valence-electron chi connectivity index (χ2n) is 15.7. The zero-order valence-electron chi connectivity index (χ0n) is 33.2. The number of fused-ring (bicyclic) bond motifs is 8. The van der Waals surface area contributed by atoms with Gasteiger partial charge in [-0.2, -0.15) is 0 Å². The van der Waals surface area contributed by atoms with E-state index in [-0.39, 0.29) is 0 Å². The van der Waals surface area contributed by atoms with Crippen molar-refractivity contribution < 1.29 is 4.42 Å². The molecule has 0 spiro atoms. The highest BCUT2D eigenvalue weighted by molar-refractivity contribution is 6.19. The smallest absolute Gasteiger partial charge is 0.143 e. The number of aromatic nitrogens is 1. The molecule has 0 aliphatic heterocycles. The summed E-state index contributed by atoms with van der Waals surface area (Å²) in [7, 11) is 0. The number of benzene rings is 10. The van der Waals surface area contributed by atoms with Crippen molar-refractivity contribution >= 4 is 71.6 Å². The summed E-state index contributed by atoms with van der Waals surface area (Å²) in [6.07, 6.45) is 0. The normalized spacial score (nSPS) is 11.6. The van der Waals surface area contributed by atoms with Gasteiger partial charge in [-0.1, -0.05) is 164 Å². The maximum Gasteiger partial charge on any atom is 0.143 e. The van der Waals surface area contributed by atoms with E-state index >= 15 is 0 Å². The van der Waals surface area contributed by atoms with Crippen LogP contribution in [0.4, 0.5) is 17.1 Å². The molecule has 0 fully saturated rings. The average molecular weight is 779 g/mol. The molecule has 2 heterocycles. The molecule has 3 nitrogen and oxygen atoms in total. The minimum absolute atomic E-state index is 0.887. The number of rotatable bonds is 7. The van der Waals surface area contributed by atoms with E-state index < -0.39 is 0 Å². The van der Waals surface area contributed by atoms with Crippen molar-refractivity contribution in [2.75, 3.05) is 4.90 Å². The number of hydrogen-bond donors (Lipinski definition) is 0. The number of nitrogens with zero attached hydrogens (tertiary/aromatic N) is 2. The van der Waals surface area contributed by atoms with Crippen molar-refractivity contribution in [1.82, 2.24) is 4.57 Å². The van der Waals surface area contributed by atoms with E-state index in [0.29, 0.717) is 0 Å². The van der Waals surface area contributed by atoms with Crippen LogP contribution in [-0.4, -0.2) is 4.57 Å². The number of anilines is 3. The predicted molar refractivity (Wildman–Crippen MR) is 257 cm³/mol. The third-order valence-corrected chi connectivity index (χ3v) is 12.2. The second kappa shape index (κ2) is 14.3. The van der Waals surface area contributed by atoms with Gasteiger partial charge in [0.15, 0.2) is 0 Å². The first-order chi connectivity index (χ1) is 30.3. The van der Waals surface area contributed by atoms with Crippen LogP contribution < -0.4 is 4.90 Å². The molecule has 61 heavy (non-hydrogen) atoms. The highest BCUT2D eigenvalue weighted by Crippen LogP contribution is 2.45. The third kappa shape index (κ3) is 5.82. The Morgan fingerprint density at radius 2 is 1.00 bits per heavy atom. The zero-order valence-corrected chi connectivity index (χ0v) is 33.2. The summed E-state index contributed by atoms with van der Waals surface area (Å²) in [5.74, 6) is 0. The van der Waals surface area contributed by atoms with E-state index in [9.17, 15) is 0 Å². The molecular formula is C58H38N2O. The first-order valence-corrected chi connectivity index (χ1v) is 20.8. The van der Waals surface area contributed by atoms with Gasteiger partial charge in [0.2, 0.25) is 0 Å². The maximum atomic E-state index is 6.61. The molecule has 0 radical (unpaired) electrons. The first kappa shape index (κ1) is 34.9. The molecule has 0 saturated heterocycles. The molecule has 0 amide bonds. The van der Waals surface area contributed by atoms with Crippen molar-refractivity contribution in [3.8, 4) is 39.1 Å². The minimum Gasteiger partial charge on any atom is -0.455 e. The van der Waals surface area contributed by atoms with Gasteiger partial charge in [-0.05, 0) is 99.9 Å². The van der Waals surface area contributed by atoms with Gasteiger partial charge in [0.05, 0.1) is 16.7 Å². The lowest BCUT2D eigenvalue weighted by atomic mass is 9.97. The molecular weight excluding hydrogens is 741 g/mol. The lowest BCUT2D eigenvalue weighted by molar-refractivity contribution is 0.673. The van der Waals surface area contributed by atoms with Crippen LogP contribution in [0.1, 0.15) is 0 Å². The van der Waals surface area contributed by atoms with Crippen LogP contribution in [0, 0.1) is 0 Å². The zero-order chi connectivity index (χ0) is 40.3. The van der Waals surface area contributed by atoms with E-state index in [2.05, 4.69) is 240 Å². The van der Waals surface area contributed by atoms with Crippen LogP contribution in [-0.2, 0) is 0 Å². The van der Waals surface area contributed by atoms with Gasteiger partial charge in [-0.15, -0.1) is 0 Å². The largest absolute Gasteiger partial charge is 0.455 e. The summed E-state index contributed by atoms with van der Waals surface area (Å²) in [5.41, 5.74) is 15.5. The molecule has 0 aliphatic rings. The standard InChI is InChI=1S/C58H38N2O/c1-2-15-40(16-3-1)47-22-6-9-27-53(47)59(45-20-13-19-43(38-45)48-26-14-30-56-57(48)52-36-33-41-17-4-5-23-49(41)58(52)61-56)44-34-31-39(32-35-44)42-18-12-21-46(37-42)60-54-28-10-7-24-50(54)51-25-8-11-29-55(51)60/h1-38H. The van der Waals surface area contributed by atoms with Crippen molar-refractivity contribution in [3.63, 3.8) is 0 Å². The molecule has 0 N–H and O–H groups in total. The van der Waals surface area contributed by atoms with E-state index in [1.807, 2.05) is 0 Å². The summed E-state index contributed by atoms with van der Waals surface area (Å²) >= 11 is 0. The van der Waals surface area contributed by atoms with Gasteiger partial charge < -0.3 is 13.9 Å². The van der Waals surface area contributed by atoms with Crippen LogP contribution in [0.25, 0.3) is 93.6 Å². The molecule has 0 aliphatic carbocycles. The highest BCUT2D eigenvalue weighted by atomic mass is 16.3. The van der Waals surface area contributed by atoms with Gasteiger partial charge >= 0.3 is 0 Å². The summed E-state index contributed by atoms with van der Waals surface area (Å²) in [6.45, 7) is 0. The van der Waals surface area contributed by atoms with Crippen molar-refractivity contribution in [2.45, 2.75) is 0 Å². The third-order valence-electron chi connectivity index (χ3n) is 12.2. The van der Waals surface area contributed by atoms with E-state index in [4.69, 9.17) is 4.42 Å². The first-order valence-electron chi connectivity index (χ1n) is 20.8. The Morgan fingerprint density at radius 1 is 0.361 bits per heavy atom. The molecule has 12 rings (SSSR count). The lowest BCUT2D eigenvalue weighted by Crippen LogP contribution is -2.11. The number of furan rings is 1. The Kier molecular flexibility index (Phi) is 8.17. The van der Waals surface area contributed by atoms with Gasteiger partial charge in [-0.25, -0.2) is 0 Å². The molecule has 12 aromatic rings. The number of para-hydroxylation sites is 3. The van der Waals surface area contributed by atoms with Crippen LogP contribution in [0.15, 0.2) is 235 Å². The molecule has 0 bridgehead atoms. The summed E-state index contributed by atoms with van der Waals surface area (Å²) in [5, 5.41) is 7.07. The quantitative estimate of drug-likeness (QED) is 0.161. The Hall–Kier alpha value is -8.14. The van der Waals surface area contributed by atoms with Crippen LogP contribution in [0.3, 0.4) is 0 Å². The van der Waals surface area contributed by atoms with Crippen molar-refractivity contribution in [1.29, 1.82) is 0 Å². The molecule has 2 aromatic heterocycles. The van der Waals surface area contributed by atoms with Crippen LogP contribution in [0.2, 0.25) is 0 Å². The van der Waals surface area contributed by atoms with Crippen molar-refractivity contribution in [2.24, 2.45) is 0 Å². The van der Waals surface area contributed by atoms with Gasteiger partial charge in [0, 0.05) is 49.6 Å². The van der Waals surface area contributed by atoms with Gasteiger partial charge in [0.1, 0.15) is 11.2 Å². The summed E-state index contributed by atoms with van der Waals surface area (Å²) in [4.78, 5) is 2.39. The van der Waals surface area contributed by atoms with Gasteiger partial charge in [-0.3, -0.25) is 0 Å². The van der Waals surface area contributed by atoms with E-state index in [1.54, 1.807) is 0 Å². The second-order valence-corrected chi connectivity index (χ2v) is 15.7. The molecule has 286 valence electrons. The Balaban J connectivity index is 0.990. The minimum atomic E-state index is 0.887. The topological polar surface area (TPSA) is 21.3 Å². The fourth-order valence-electron chi connectivity index (χ4n) is 9.39. The molecule has 0 atom stereocenters. The fourth-order valence-corrected chi connectivity index (χ4v) is 9.39. The van der Waals surface area contributed by atoms with Crippen LogP contribution in [0.5, 0.6) is 0 Å². The average Bonchev–Trinajstić information content (AvgIpc) is 3.89. The lowest BCUT2D eigenvalue weighted by Gasteiger charge is -2.28. The van der Waals surface area contributed by atoms with E-state index in [0.717, 1.165) is 77.9 Å². The number of hydrogen-bond acceptors (Lipinski definition) is 2. The van der Waals surface area contributed by atoms with Crippen molar-refractivity contribution in [3.05, 3.63) is 231 Å². The molecule has 0 saturated carbocycles. The predicted octanol–water partition coefficient (Wildman–Crippen LogP) is 16.3. The van der Waals surface area contributed by atoms with Crippen LogP contribution >= 0.6 is 0 Å². The molecule has 10 aromatic carbocycles. The Morgan fingerprint density at radius 3 is 1.82 bits per heavy atom. The fraction of sp³-hybridized carbons (Fsp3) is 0. The monoisotopic (exact) mass is 778 g/mol. The van der Waals surface area contributed by atoms with E-state index in [1.165, 1.54) is 32.8 Å². The molecule has 0 unspecified atom stereocenters.